The van der Waals surface area contributed by atoms with Crippen LogP contribution in [0.5, 0.6) is 11.5 Å². The Kier molecular flexibility index (Phi) is 4.26. The van der Waals surface area contributed by atoms with Crippen LogP contribution in [0.4, 0.5) is 0 Å². The molecule has 2 saturated carbocycles. The van der Waals surface area contributed by atoms with Gasteiger partial charge in [-0.25, -0.2) is 0 Å². The first kappa shape index (κ1) is 23.8. The van der Waals surface area contributed by atoms with Gasteiger partial charge in [0.25, 0.3) is 0 Å². The first-order valence-electron chi connectivity index (χ1n) is 13.6. The number of Topliss-reactive ketones (excluding diaryl/α,β-unsaturated/α-hetero) is 1. The molecule has 1 aromatic carbocycles. The first-order chi connectivity index (χ1) is 16.0. The molecule has 5 heteroatoms. The number of carbonyl (C=O) groups is 1. The number of hydrogen-bond donors (Lipinski definition) is 2. The van der Waals surface area contributed by atoms with Crippen molar-refractivity contribution in [3.8, 4) is 11.5 Å². The first-order valence-corrected chi connectivity index (χ1v) is 13.6. The molecule has 0 aromatic heterocycles. The van der Waals surface area contributed by atoms with Gasteiger partial charge in [-0.15, -0.1) is 0 Å². The number of phenols is 1. The zero-order chi connectivity index (χ0) is 25.8. The van der Waals surface area contributed by atoms with Crippen molar-refractivity contribution in [1.29, 1.82) is 0 Å². The number of phenolic OH excluding ortho intramolecular Hbond substituents is 1. The fourth-order valence-corrected chi connectivity index (χ4v) is 9.93. The Morgan fingerprint density at radius 2 is 1.66 bits per heavy atom. The van der Waals surface area contributed by atoms with E-state index in [0.29, 0.717) is 36.5 Å². The smallest absolute Gasteiger partial charge is 0.174 e. The summed E-state index contributed by atoms with van der Waals surface area (Å²) in [4.78, 5) is 16.3. The number of piperidine rings is 1. The molecule has 3 aliphatic carbocycles. The predicted molar refractivity (Wildman–Crippen MR) is 136 cm³/mol. The van der Waals surface area contributed by atoms with Crippen LogP contribution in [-0.4, -0.2) is 50.2 Å². The van der Waals surface area contributed by atoms with E-state index in [9.17, 15) is 15.0 Å². The van der Waals surface area contributed by atoms with Gasteiger partial charge in [0.15, 0.2) is 23.4 Å². The van der Waals surface area contributed by atoms with Crippen LogP contribution in [0.1, 0.15) is 96.9 Å². The molecule has 2 N–H and O–H groups in total. The topological polar surface area (TPSA) is 70.0 Å². The summed E-state index contributed by atoms with van der Waals surface area (Å²) in [5, 5.41) is 24.6. The molecule has 1 saturated heterocycles. The summed E-state index contributed by atoms with van der Waals surface area (Å²) in [5.74, 6) is 1.92. The summed E-state index contributed by atoms with van der Waals surface area (Å²) in [6, 6.07) is 0.129. The highest BCUT2D eigenvalue weighted by molar-refractivity contribution is 5.91. The van der Waals surface area contributed by atoms with Crippen molar-refractivity contribution >= 4 is 5.78 Å². The van der Waals surface area contributed by atoms with Gasteiger partial charge in [-0.2, -0.15) is 0 Å². The van der Waals surface area contributed by atoms with E-state index in [4.69, 9.17) is 4.74 Å². The van der Waals surface area contributed by atoms with Crippen LogP contribution in [0.2, 0.25) is 0 Å². The molecule has 6 rings (SSSR count). The van der Waals surface area contributed by atoms with Gasteiger partial charge in [-0.3, -0.25) is 9.69 Å². The Labute approximate surface area is 210 Å². The molecule has 2 heterocycles. The number of carbonyl (C=O) groups excluding carboxylic acids is 1. The second-order valence-corrected chi connectivity index (χ2v) is 14.2. The lowest BCUT2D eigenvalue weighted by molar-refractivity contribution is -0.288. The molecule has 2 bridgehead atoms. The summed E-state index contributed by atoms with van der Waals surface area (Å²) in [6.45, 7) is 22.4. The van der Waals surface area contributed by atoms with Gasteiger partial charge in [-0.1, -0.05) is 34.6 Å². The van der Waals surface area contributed by atoms with Crippen molar-refractivity contribution in [2.45, 2.75) is 129 Å². The van der Waals surface area contributed by atoms with Crippen LogP contribution in [0.25, 0.3) is 0 Å². The third-order valence-corrected chi connectivity index (χ3v) is 12.2. The number of ether oxygens (including phenoxy) is 1. The molecule has 1 spiro atoms. The van der Waals surface area contributed by atoms with Crippen LogP contribution in [0, 0.1) is 31.1 Å². The van der Waals surface area contributed by atoms with Gasteiger partial charge in [0.1, 0.15) is 0 Å². The number of benzene rings is 1. The predicted octanol–water partition coefficient (Wildman–Crippen LogP) is 4.93. The minimum absolute atomic E-state index is 0.0474. The number of hydrogen-bond acceptors (Lipinski definition) is 5. The van der Waals surface area contributed by atoms with E-state index >= 15 is 0 Å². The van der Waals surface area contributed by atoms with Crippen LogP contribution in [0.3, 0.4) is 0 Å². The summed E-state index contributed by atoms with van der Waals surface area (Å²) < 4.78 is 6.54. The van der Waals surface area contributed by atoms with Gasteiger partial charge >= 0.3 is 0 Å². The van der Waals surface area contributed by atoms with E-state index in [1.165, 1.54) is 12.0 Å². The summed E-state index contributed by atoms with van der Waals surface area (Å²) >= 11 is 0. The number of aromatic hydroxyl groups is 1. The Morgan fingerprint density at radius 1 is 1.06 bits per heavy atom. The summed E-state index contributed by atoms with van der Waals surface area (Å²) in [6.07, 6.45) is 1.17. The van der Waals surface area contributed by atoms with E-state index < -0.39 is 27.9 Å². The minimum Gasteiger partial charge on any atom is -0.504 e. The number of rotatable bonds is 2. The van der Waals surface area contributed by atoms with Crippen molar-refractivity contribution in [2.24, 2.45) is 17.3 Å². The number of likely N-dealkylation sites (tertiary alicyclic amines) is 1. The lowest BCUT2D eigenvalue weighted by Gasteiger charge is -2.77. The van der Waals surface area contributed by atoms with E-state index in [-0.39, 0.29) is 23.1 Å². The third kappa shape index (κ3) is 2.17. The van der Waals surface area contributed by atoms with Crippen LogP contribution in [-0.2, 0) is 15.6 Å². The van der Waals surface area contributed by atoms with Gasteiger partial charge in [0.05, 0.1) is 11.0 Å². The quantitative estimate of drug-likeness (QED) is 0.627. The molecule has 1 aromatic rings. The van der Waals surface area contributed by atoms with Crippen molar-refractivity contribution in [2.75, 3.05) is 0 Å². The zero-order valence-electron chi connectivity index (χ0n) is 23.2. The maximum Gasteiger partial charge on any atom is 0.174 e. The van der Waals surface area contributed by atoms with Gasteiger partial charge < -0.3 is 14.9 Å². The van der Waals surface area contributed by atoms with Crippen molar-refractivity contribution in [3.63, 3.8) is 0 Å². The Hall–Kier alpha value is -1.59. The molecule has 7 atom stereocenters. The molecule has 5 aliphatic rings. The average Bonchev–Trinajstić information content (AvgIpc) is 3.36. The monoisotopic (exact) mass is 481 g/mol. The average molecular weight is 482 g/mol. The standard InChI is InChI=1S/C30H43NO4/c1-14-13-18(14)17(4)31-25-26(5,6)20-15(2)16(3)22(33)23-21(20)30(27(7,8)28(31,9)10)24(35-23)19(32)11-12-29(25,30)34/h14,17-18,24-25,33-34H,11-13H2,1-10H3/t14?,17?,18?,24-,25+,29+,30-/m0/s1. The SMILES string of the molecule is Cc1c(C)c2c3c(c1O)O[C@H]1C(=O)CC[C@@]4(O)[C@H](N(C(C)C5CC5C)C(C)(C)C(C)(C)[C@]314)C2(C)C. The van der Waals surface area contributed by atoms with Crippen molar-refractivity contribution in [3.05, 3.63) is 22.3 Å². The van der Waals surface area contributed by atoms with Gasteiger partial charge in [0, 0.05) is 35.0 Å². The van der Waals surface area contributed by atoms with E-state index in [1.807, 2.05) is 6.92 Å². The largest absolute Gasteiger partial charge is 0.504 e. The van der Waals surface area contributed by atoms with Crippen LogP contribution >= 0.6 is 0 Å². The second kappa shape index (κ2) is 6.27. The number of ketones is 1. The van der Waals surface area contributed by atoms with E-state index in [2.05, 4.69) is 67.2 Å². The maximum absolute atomic E-state index is 13.6. The molecule has 0 radical (unpaired) electrons. The lowest BCUT2D eigenvalue weighted by atomic mass is 9.34. The molecule has 0 amide bonds. The lowest BCUT2D eigenvalue weighted by Crippen LogP contribution is -2.89. The molecule has 3 fully saturated rings. The molecular formula is C30H43NO4. The maximum atomic E-state index is 13.6. The Bertz CT molecular complexity index is 1180. The highest BCUT2D eigenvalue weighted by atomic mass is 16.5. The summed E-state index contributed by atoms with van der Waals surface area (Å²) in [7, 11) is 0. The third-order valence-electron chi connectivity index (χ3n) is 12.2. The second-order valence-electron chi connectivity index (χ2n) is 14.2. The van der Waals surface area contributed by atoms with Crippen LogP contribution in [0.15, 0.2) is 0 Å². The van der Waals surface area contributed by atoms with Crippen LogP contribution < -0.4 is 4.74 Å². The number of aliphatic hydroxyl groups is 1. The fourth-order valence-electron chi connectivity index (χ4n) is 9.93. The Balaban J connectivity index is 1.80. The molecule has 2 aliphatic heterocycles. The molecule has 35 heavy (non-hydrogen) atoms. The van der Waals surface area contributed by atoms with Crippen molar-refractivity contribution in [1.82, 2.24) is 4.90 Å². The normalized spacial score (nSPS) is 42.3. The Morgan fingerprint density at radius 3 is 2.23 bits per heavy atom. The zero-order valence-corrected chi connectivity index (χ0v) is 23.2. The molecular weight excluding hydrogens is 438 g/mol. The fraction of sp³-hybridized carbons (Fsp3) is 0.767. The summed E-state index contributed by atoms with van der Waals surface area (Å²) in [5.41, 5.74) is 0.581. The minimum atomic E-state index is -1.16. The van der Waals surface area contributed by atoms with Crippen molar-refractivity contribution < 1.29 is 19.7 Å². The highest BCUT2D eigenvalue weighted by Crippen LogP contribution is 2.76. The number of nitrogens with zero attached hydrogens (tertiary/aromatic N) is 1. The molecule has 3 unspecified atom stereocenters. The van der Waals surface area contributed by atoms with Gasteiger partial charge in [-0.05, 0) is 81.4 Å². The molecule has 5 nitrogen and oxygen atoms in total. The van der Waals surface area contributed by atoms with Gasteiger partial charge in [0.2, 0.25) is 0 Å². The van der Waals surface area contributed by atoms with E-state index in [1.54, 1.807) is 0 Å². The highest BCUT2D eigenvalue weighted by Gasteiger charge is 2.85. The van der Waals surface area contributed by atoms with E-state index in [0.717, 1.165) is 16.7 Å². The molecule has 192 valence electrons.